The first-order valence-electron chi connectivity index (χ1n) is 7.04. The molecule has 0 heterocycles. The number of amides is 1. The van der Waals surface area contributed by atoms with E-state index in [4.69, 9.17) is 46.4 Å². The fraction of sp³-hybridized carbons (Fsp3) is 0.188. The van der Waals surface area contributed by atoms with Gasteiger partial charge in [-0.2, -0.15) is 13.2 Å². The van der Waals surface area contributed by atoms with Crippen molar-refractivity contribution in [3.8, 4) is 0 Å². The van der Waals surface area contributed by atoms with Crippen molar-refractivity contribution in [2.75, 3.05) is 5.32 Å². The average molecular weight is 446 g/mol. The van der Waals surface area contributed by atoms with E-state index in [1.807, 2.05) is 0 Å². The van der Waals surface area contributed by atoms with E-state index in [-0.39, 0.29) is 11.3 Å². The summed E-state index contributed by atoms with van der Waals surface area (Å²) < 4.78 is 36.4. The van der Waals surface area contributed by atoms with Crippen LogP contribution in [0.1, 0.15) is 15.9 Å². The highest BCUT2D eigenvalue weighted by Gasteiger charge is 2.35. The minimum atomic E-state index is -4.53. The number of carbonyl (C=O) groups is 1. The van der Waals surface area contributed by atoms with Gasteiger partial charge in [0.25, 0.3) is 5.91 Å². The molecule has 0 saturated carbocycles. The number of nitrogens with one attached hydrogen (secondary N) is 2. The second kappa shape index (κ2) is 8.13. The molecule has 10 heteroatoms. The summed E-state index contributed by atoms with van der Waals surface area (Å²) in [7, 11) is 0. The predicted octanol–water partition coefficient (Wildman–Crippen LogP) is 5.90. The Morgan fingerprint density at radius 1 is 1.00 bits per heavy atom. The summed E-state index contributed by atoms with van der Waals surface area (Å²) >= 11 is 23.3. The number of rotatable bonds is 4. The lowest BCUT2D eigenvalue weighted by molar-refractivity contribution is -0.137. The van der Waals surface area contributed by atoms with E-state index in [2.05, 4.69) is 10.6 Å². The van der Waals surface area contributed by atoms with Crippen LogP contribution in [0.5, 0.6) is 0 Å². The molecule has 2 aromatic rings. The molecule has 140 valence electrons. The second-order valence-electron chi connectivity index (χ2n) is 5.18. The molecule has 0 fully saturated rings. The molecule has 0 radical (unpaired) electrons. The summed E-state index contributed by atoms with van der Waals surface area (Å²) in [6.07, 6.45) is -5.82. The molecule has 0 aromatic heterocycles. The molecule has 0 aliphatic heterocycles. The van der Waals surface area contributed by atoms with E-state index in [1.165, 1.54) is 36.4 Å². The van der Waals surface area contributed by atoms with E-state index in [0.29, 0.717) is 5.02 Å². The standard InChI is InChI=1S/C16H11Cl4F3N2O/c17-11-6-4-9(5-7-11)13(26)25-14(15(18,19)20)24-12-3-1-2-10(8-12)16(21,22)23/h1-8,14,24H,(H,25,26). The third-order valence-electron chi connectivity index (χ3n) is 3.21. The third-order valence-corrected chi connectivity index (χ3v) is 4.12. The lowest BCUT2D eigenvalue weighted by Gasteiger charge is -2.27. The number of hydrogen-bond acceptors (Lipinski definition) is 2. The monoisotopic (exact) mass is 444 g/mol. The minimum absolute atomic E-state index is 0.0209. The summed E-state index contributed by atoms with van der Waals surface area (Å²) in [5.74, 6) is -0.600. The van der Waals surface area contributed by atoms with Crippen molar-refractivity contribution in [2.45, 2.75) is 16.1 Å². The molecule has 2 rings (SSSR count). The summed E-state index contributed by atoms with van der Waals surface area (Å²) in [5.41, 5.74) is -0.623. The van der Waals surface area contributed by atoms with Gasteiger partial charge in [0.15, 0.2) is 0 Å². The molecular formula is C16H11Cl4F3N2O. The fourth-order valence-electron chi connectivity index (χ4n) is 1.97. The van der Waals surface area contributed by atoms with Gasteiger partial charge < -0.3 is 10.6 Å². The number of alkyl halides is 6. The maximum absolute atomic E-state index is 12.8. The summed E-state index contributed by atoms with van der Waals surface area (Å²) in [5, 5.41) is 5.45. The molecule has 0 aliphatic carbocycles. The summed E-state index contributed by atoms with van der Waals surface area (Å²) in [6.45, 7) is 0. The van der Waals surface area contributed by atoms with Crippen molar-refractivity contribution in [2.24, 2.45) is 0 Å². The van der Waals surface area contributed by atoms with E-state index < -0.39 is 27.6 Å². The Balaban J connectivity index is 2.21. The lowest BCUT2D eigenvalue weighted by Crippen LogP contribution is -2.49. The number of hydrogen-bond donors (Lipinski definition) is 2. The lowest BCUT2D eigenvalue weighted by atomic mass is 10.2. The largest absolute Gasteiger partial charge is 0.416 e. The average Bonchev–Trinajstić information content (AvgIpc) is 2.53. The van der Waals surface area contributed by atoms with Crippen LogP contribution in [0, 0.1) is 0 Å². The van der Waals surface area contributed by atoms with Crippen LogP contribution in [0.2, 0.25) is 5.02 Å². The Hall–Kier alpha value is -1.34. The highest BCUT2D eigenvalue weighted by molar-refractivity contribution is 6.68. The Kier molecular flexibility index (Phi) is 6.55. The molecule has 1 unspecified atom stereocenters. The van der Waals surface area contributed by atoms with Crippen molar-refractivity contribution in [1.82, 2.24) is 5.32 Å². The summed E-state index contributed by atoms with van der Waals surface area (Å²) in [4.78, 5) is 12.3. The van der Waals surface area contributed by atoms with Gasteiger partial charge in [-0.1, -0.05) is 52.5 Å². The van der Waals surface area contributed by atoms with Crippen molar-refractivity contribution in [3.05, 3.63) is 64.7 Å². The van der Waals surface area contributed by atoms with E-state index in [0.717, 1.165) is 12.1 Å². The molecule has 0 bridgehead atoms. The van der Waals surface area contributed by atoms with Crippen LogP contribution >= 0.6 is 46.4 Å². The highest BCUT2D eigenvalue weighted by Crippen LogP contribution is 2.34. The van der Waals surface area contributed by atoms with Gasteiger partial charge in [0.05, 0.1) is 5.56 Å². The molecular weight excluding hydrogens is 435 g/mol. The maximum atomic E-state index is 12.8. The van der Waals surface area contributed by atoms with Gasteiger partial charge >= 0.3 is 6.18 Å². The number of halogens is 7. The van der Waals surface area contributed by atoms with Gasteiger partial charge in [0.1, 0.15) is 6.17 Å². The fourth-order valence-corrected chi connectivity index (χ4v) is 2.42. The van der Waals surface area contributed by atoms with Gasteiger partial charge in [-0.05, 0) is 42.5 Å². The molecule has 2 N–H and O–H groups in total. The smallest absolute Gasteiger partial charge is 0.362 e. The van der Waals surface area contributed by atoms with Crippen LogP contribution in [0.4, 0.5) is 18.9 Å². The van der Waals surface area contributed by atoms with Gasteiger partial charge in [-0.25, -0.2) is 0 Å². The first-order valence-corrected chi connectivity index (χ1v) is 8.55. The van der Waals surface area contributed by atoms with E-state index >= 15 is 0 Å². The SMILES string of the molecule is O=C(NC(Nc1cccc(C(F)(F)F)c1)C(Cl)(Cl)Cl)c1ccc(Cl)cc1. The van der Waals surface area contributed by atoms with Gasteiger partial charge in [-0.15, -0.1) is 0 Å². The van der Waals surface area contributed by atoms with Gasteiger partial charge in [0.2, 0.25) is 3.79 Å². The zero-order chi connectivity index (χ0) is 19.5. The Labute approximate surface area is 167 Å². The first-order chi connectivity index (χ1) is 12.0. The van der Waals surface area contributed by atoms with Crippen LogP contribution in [0.15, 0.2) is 48.5 Å². The normalized spacial score (nSPS) is 13.2. The molecule has 2 aromatic carbocycles. The van der Waals surface area contributed by atoms with E-state index in [9.17, 15) is 18.0 Å². The topological polar surface area (TPSA) is 41.1 Å². The Morgan fingerprint density at radius 3 is 2.15 bits per heavy atom. The minimum Gasteiger partial charge on any atom is -0.362 e. The van der Waals surface area contributed by atoms with Gasteiger partial charge in [-0.3, -0.25) is 4.79 Å². The van der Waals surface area contributed by atoms with Crippen molar-refractivity contribution >= 4 is 58.0 Å². The first kappa shape index (κ1) is 21.0. The molecule has 0 aliphatic rings. The summed E-state index contributed by atoms with van der Waals surface area (Å²) in [6, 6.07) is 10.2. The highest BCUT2D eigenvalue weighted by atomic mass is 35.6. The second-order valence-corrected chi connectivity index (χ2v) is 7.98. The molecule has 1 amide bonds. The Morgan fingerprint density at radius 2 is 1.62 bits per heavy atom. The molecule has 0 saturated heterocycles. The molecule has 26 heavy (non-hydrogen) atoms. The van der Waals surface area contributed by atoms with Crippen LogP contribution in [0.25, 0.3) is 0 Å². The maximum Gasteiger partial charge on any atom is 0.416 e. The predicted molar refractivity (Wildman–Crippen MR) is 98.1 cm³/mol. The zero-order valence-electron chi connectivity index (χ0n) is 12.8. The van der Waals surface area contributed by atoms with Crippen LogP contribution in [-0.4, -0.2) is 15.9 Å². The van der Waals surface area contributed by atoms with Crippen LogP contribution < -0.4 is 10.6 Å². The van der Waals surface area contributed by atoms with Crippen LogP contribution in [0.3, 0.4) is 0 Å². The molecule has 0 spiro atoms. The number of anilines is 1. The zero-order valence-corrected chi connectivity index (χ0v) is 15.8. The number of benzene rings is 2. The van der Waals surface area contributed by atoms with Crippen LogP contribution in [-0.2, 0) is 6.18 Å². The molecule has 1 atom stereocenters. The molecule has 3 nitrogen and oxygen atoms in total. The number of carbonyl (C=O) groups excluding carboxylic acids is 1. The van der Waals surface area contributed by atoms with Crippen molar-refractivity contribution in [1.29, 1.82) is 0 Å². The third kappa shape index (κ3) is 5.84. The Bertz CT molecular complexity index is 776. The van der Waals surface area contributed by atoms with Gasteiger partial charge in [0, 0.05) is 16.3 Å². The van der Waals surface area contributed by atoms with Crippen molar-refractivity contribution in [3.63, 3.8) is 0 Å². The quantitative estimate of drug-likeness (QED) is 0.454. The van der Waals surface area contributed by atoms with E-state index in [1.54, 1.807) is 0 Å². The van der Waals surface area contributed by atoms with Crippen molar-refractivity contribution < 1.29 is 18.0 Å².